The Morgan fingerprint density at radius 1 is 0.688 bits per heavy atom. The van der Waals surface area contributed by atoms with Gasteiger partial charge in [0.05, 0.1) is 0 Å². The Morgan fingerprint density at radius 3 is 1.84 bits per heavy atom. The second-order valence-corrected chi connectivity index (χ2v) is 8.28. The van der Waals surface area contributed by atoms with Gasteiger partial charge in [-0.05, 0) is 31.2 Å². The molecule has 0 bridgehead atoms. The summed E-state index contributed by atoms with van der Waals surface area (Å²) in [5, 5.41) is 5.83. The molecular weight excluding hydrogens is 404 g/mol. The fourth-order valence-electron chi connectivity index (χ4n) is 3.33. The summed E-state index contributed by atoms with van der Waals surface area (Å²) in [5.41, 5.74) is 0.995. The van der Waals surface area contributed by atoms with E-state index in [4.69, 9.17) is 4.74 Å². The number of esters is 1. The Kier molecular flexibility index (Phi) is 16.7. The molecule has 32 heavy (non-hydrogen) atoms. The van der Waals surface area contributed by atoms with Gasteiger partial charge in [0.2, 0.25) is 11.8 Å². The second kappa shape index (κ2) is 19.3. The van der Waals surface area contributed by atoms with Crippen LogP contribution in [0.3, 0.4) is 0 Å². The van der Waals surface area contributed by atoms with Gasteiger partial charge in [-0.25, -0.2) is 0 Å². The zero-order valence-corrected chi connectivity index (χ0v) is 19.8. The van der Waals surface area contributed by atoms with Gasteiger partial charge < -0.3 is 15.4 Å². The third-order valence-corrected chi connectivity index (χ3v) is 5.28. The zero-order chi connectivity index (χ0) is 23.3. The van der Waals surface area contributed by atoms with Crippen molar-refractivity contribution < 1.29 is 19.1 Å². The Morgan fingerprint density at radius 2 is 1.25 bits per heavy atom. The zero-order valence-electron chi connectivity index (χ0n) is 19.8. The van der Waals surface area contributed by atoms with Crippen LogP contribution in [0.4, 0.5) is 0 Å². The lowest BCUT2D eigenvalue weighted by Gasteiger charge is -2.07. The fraction of sp³-hybridized carbons (Fsp3) is 0.654. The normalized spacial score (nSPS) is 10.5. The maximum absolute atomic E-state index is 11.8. The van der Waals surface area contributed by atoms with E-state index in [-0.39, 0.29) is 17.8 Å². The van der Waals surface area contributed by atoms with Crippen LogP contribution in [0.15, 0.2) is 30.3 Å². The van der Waals surface area contributed by atoms with Gasteiger partial charge in [-0.2, -0.15) is 0 Å². The molecule has 1 aromatic rings. The molecule has 0 aliphatic rings. The van der Waals surface area contributed by atoms with E-state index in [0.29, 0.717) is 38.8 Å². The molecule has 1 aromatic carbocycles. The van der Waals surface area contributed by atoms with Crippen LogP contribution >= 0.6 is 0 Å². The van der Waals surface area contributed by atoms with E-state index in [0.717, 1.165) is 50.6 Å². The van der Waals surface area contributed by atoms with E-state index in [1.807, 2.05) is 30.3 Å². The lowest BCUT2D eigenvalue weighted by Crippen LogP contribution is -2.26. The van der Waals surface area contributed by atoms with Crippen molar-refractivity contribution in [1.82, 2.24) is 10.6 Å². The molecule has 0 atom stereocenters. The van der Waals surface area contributed by atoms with E-state index >= 15 is 0 Å². The topological polar surface area (TPSA) is 84.5 Å². The summed E-state index contributed by atoms with van der Waals surface area (Å²) >= 11 is 0. The number of ether oxygens (including phenoxy) is 1. The lowest BCUT2D eigenvalue weighted by molar-refractivity contribution is -0.145. The van der Waals surface area contributed by atoms with E-state index in [9.17, 15) is 14.4 Å². The highest BCUT2D eigenvalue weighted by atomic mass is 16.5. The van der Waals surface area contributed by atoms with Gasteiger partial charge in [0.25, 0.3) is 0 Å². The Bertz CT molecular complexity index is 634. The predicted molar refractivity (Wildman–Crippen MR) is 128 cm³/mol. The first-order chi connectivity index (χ1) is 15.6. The summed E-state index contributed by atoms with van der Waals surface area (Å²) < 4.78 is 5.26. The van der Waals surface area contributed by atoms with Crippen LogP contribution in [-0.4, -0.2) is 30.9 Å². The minimum atomic E-state index is -0.164. The van der Waals surface area contributed by atoms with Gasteiger partial charge in [0.15, 0.2) is 0 Å². The SMILES string of the molecule is CCCCCCCNC(=O)CCCC(=O)NCCCCCCC(=O)OCc1ccccc1. The standard InChI is InChI=1S/C26H42N2O4/c1-2-3-4-6-12-20-27-24(29)17-14-18-25(30)28-21-13-7-5-11-19-26(31)32-22-23-15-9-8-10-16-23/h8-10,15-16H,2-7,11-14,17-22H2,1H3,(H,27,29)(H,28,30). The van der Waals surface area contributed by atoms with Crippen LogP contribution in [0, 0.1) is 0 Å². The molecule has 0 spiro atoms. The molecule has 2 N–H and O–H groups in total. The van der Waals surface area contributed by atoms with Crippen molar-refractivity contribution in [3.8, 4) is 0 Å². The van der Waals surface area contributed by atoms with Gasteiger partial charge in [-0.15, -0.1) is 0 Å². The van der Waals surface area contributed by atoms with E-state index in [1.165, 1.54) is 19.3 Å². The summed E-state index contributed by atoms with van der Waals surface area (Å²) in [5.74, 6) is -0.125. The highest BCUT2D eigenvalue weighted by Crippen LogP contribution is 2.07. The van der Waals surface area contributed by atoms with Crippen LogP contribution in [0.1, 0.15) is 96.0 Å². The molecule has 0 radical (unpaired) electrons. The first kappa shape index (κ1) is 27.7. The number of carbonyl (C=O) groups excluding carboxylic acids is 3. The number of hydrogen-bond acceptors (Lipinski definition) is 4. The van der Waals surface area contributed by atoms with E-state index in [1.54, 1.807) is 0 Å². The summed E-state index contributed by atoms with van der Waals surface area (Å²) in [4.78, 5) is 35.4. The molecule has 0 saturated carbocycles. The molecular formula is C26H42N2O4. The number of benzene rings is 1. The summed E-state index contributed by atoms with van der Waals surface area (Å²) in [6, 6.07) is 9.66. The van der Waals surface area contributed by atoms with Crippen LogP contribution in [-0.2, 0) is 25.7 Å². The first-order valence-corrected chi connectivity index (χ1v) is 12.3. The molecule has 2 amide bonds. The smallest absolute Gasteiger partial charge is 0.306 e. The van der Waals surface area contributed by atoms with E-state index in [2.05, 4.69) is 17.6 Å². The minimum absolute atomic E-state index is 0.00172. The van der Waals surface area contributed by atoms with E-state index < -0.39 is 0 Å². The predicted octanol–water partition coefficient (Wildman–Crippen LogP) is 5.05. The molecule has 0 fully saturated rings. The molecule has 0 unspecified atom stereocenters. The molecule has 0 saturated heterocycles. The highest BCUT2D eigenvalue weighted by molar-refractivity contribution is 5.78. The Hall–Kier alpha value is -2.37. The summed E-state index contributed by atoms with van der Waals surface area (Å²) in [7, 11) is 0. The number of amides is 2. The highest BCUT2D eigenvalue weighted by Gasteiger charge is 2.06. The van der Waals surface area contributed by atoms with Crippen molar-refractivity contribution in [3.63, 3.8) is 0 Å². The number of hydrogen-bond donors (Lipinski definition) is 2. The third kappa shape index (κ3) is 16.3. The fourth-order valence-corrected chi connectivity index (χ4v) is 3.33. The average Bonchev–Trinajstić information content (AvgIpc) is 2.80. The van der Waals surface area contributed by atoms with Crippen LogP contribution in [0.2, 0.25) is 0 Å². The molecule has 0 heterocycles. The molecule has 1 rings (SSSR count). The Balaban J connectivity index is 1.87. The molecule has 6 heteroatoms. The summed E-state index contributed by atoms with van der Waals surface area (Å²) in [6.45, 7) is 3.89. The van der Waals surface area contributed by atoms with Crippen molar-refractivity contribution in [1.29, 1.82) is 0 Å². The Labute approximate surface area is 193 Å². The largest absolute Gasteiger partial charge is 0.461 e. The van der Waals surface area contributed by atoms with Gasteiger partial charge in [0.1, 0.15) is 6.61 Å². The van der Waals surface area contributed by atoms with Crippen molar-refractivity contribution in [2.75, 3.05) is 13.1 Å². The minimum Gasteiger partial charge on any atom is -0.461 e. The maximum Gasteiger partial charge on any atom is 0.306 e. The number of carbonyl (C=O) groups is 3. The molecule has 0 aliphatic heterocycles. The van der Waals surface area contributed by atoms with Crippen LogP contribution in [0.5, 0.6) is 0 Å². The van der Waals surface area contributed by atoms with Crippen molar-refractivity contribution in [2.45, 2.75) is 97.0 Å². The van der Waals surface area contributed by atoms with Crippen molar-refractivity contribution in [2.24, 2.45) is 0 Å². The number of nitrogens with one attached hydrogen (secondary N) is 2. The van der Waals surface area contributed by atoms with Gasteiger partial charge in [-0.3, -0.25) is 14.4 Å². The average molecular weight is 447 g/mol. The lowest BCUT2D eigenvalue weighted by atomic mass is 10.1. The number of unbranched alkanes of at least 4 members (excludes halogenated alkanes) is 7. The van der Waals surface area contributed by atoms with Gasteiger partial charge in [-0.1, -0.05) is 75.8 Å². The monoisotopic (exact) mass is 446 g/mol. The molecule has 0 aliphatic carbocycles. The van der Waals surface area contributed by atoms with Crippen molar-refractivity contribution >= 4 is 17.8 Å². The van der Waals surface area contributed by atoms with Crippen LogP contribution < -0.4 is 10.6 Å². The summed E-state index contributed by atoms with van der Waals surface area (Å²) in [6.07, 6.45) is 11.3. The quantitative estimate of drug-likeness (QED) is 0.230. The second-order valence-electron chi connectivity index (χ2n) is 8.28. The van der Waals surface area contributed by atoms with Crippen LogP contribution in [0.25, 0.3) is 0 Å². The molecule has 6 nitrogen and oxygen atoms in total. The number of rotatable bonds is 19. The third-order valence-electron chi connectivity index (χ3n) is 5.28. The maximum atomic E-state index is 11.8. The van der Waals surface area contributed by atoms with Gasteiger partial charge >= 0.3 is 5.97 Å². The first-order valence-electron chi connectivity index (χ1n) is 12.3. The van der Waals surface area contributed by atoms with Crippen molar-refractivity contribution in [3.05, 3.63) is 35.9 Å². The molecule has 0 aromatic heterocycles. The molecule has 180 valence electrons. The van der Waals surface area contributed by atoms with Gasteiger partial charge in [0, 0.05) is 32.4 Å².